The summed E-state index contributed by atoms with van der Waals surface area (Å²) in [5.41, 5.74) is 9.23. The number of anilines is 2. The predicted molar refractivity (Wildman–Crippen MR) is 127 cm³/mol. The minimum Gasteiger partial charge on any atom is -0.383 e. The van der Waals surface area contributed by atoms with Gasteiger partial charge in [0.2, 0.25) is 0 Å². The van der Waals surface area contributed by atoms with Crippen LogP contribution in [0.15, 0.2) is 48.1 Å². The quantitative estimate of drug-likeness (QED) is 0.579. The molecule has 32 heavy (non-hydrogen) atoms. The third-order valence-electron chi connectivity index (χ3n) is 5.89. The highest BCUT2D eigenvalue weighted by Crippen LogP contribution is 2.34. The highest BCUT2D eigenvalue weighted by Gasteiger charge is 2.34. The zero-order valence-electron chi connectivity index (χ0n) is 18.2. The summed E-state index contributed by atoms with van der Waals surface area (Å²) in [5, 5.41) is 5.61. The van der Waals surface area contributed by atoms with Crippen LogP contribution in [-0.4, -0.2) is 33.2 Å². The molecule has 0 radical (unpaired) electrons. The fraction of sp³-hybridized carbons (Fsp3) is 0.333. The molecule has 2 aromatic heterocycles. The van der Waals surface area contributed by atoms with Gasteiger partial charge >= 0.3 is 11.8 Å². The van der Waals surface area contributed by atoms with E-state index in [1.807, 2.05) is 36.6 Å². The molecule has 8 heteroatoms. The Morgan fingerprint density at radius 1 is 1.22 bits per heavy atom. The Morgan fingerprint density at radius 3 is 2.69 bits per heavy atom. The first-order valence-electron chi connectivity index (χ1n) is 10.8. The number of benzene rings is 1. The number of carbonyl (C=O) groups is 2. The Kier molecular flexibility index (Phi) is 6.50. The molecule has 2 atom stereocenters. The van der Waals surface area contributed by atoms with E-state index in [4.69, 9.17) is 5.73 Å². The van der Waals surface area contributed by atoms with Crippen molar-refractivity contribution in [2.45, 2.75) is 39.2 Å². The maximum atomic E-state index is 13.2. The minimum absolute atomic E-state index is 0.134. The molecule has 0 bridgehead atoms. The second-order valence-electron chi connectivity index (χ2n) is 8.19. The van der Waals surface area contributed by atoms with Crippen molar-refractivity contribution in [1.29, 1.82) is 0 Å². The van der Waals surface area contributed by atoms with Gasteiger partial charge in [0, 0.05) is 23.7 Å². The van der Waals surface area contributed by atoms with Gasteiger partial charge in [0.25, 0.3) is 0 Å². The summed E-state index contributed by atoms with van der Waals surface area (Å²) in [5.74, 6) is -0.414. The summed E-state index contributed by atoms with van der Waals surface area (Å²) in [6.45, 7) is 4.62. The number of piperidine rings is 1. The molecule has 1 aliphatic rings. The number of rotatable bonds is 4. The zero-order chi connectivity index (χ0) is 22.7. The zero-order valence-corrected chi connectivity index (χ0v) is 19.1. The van der Waals surface area contributed by atoms with Crippen molar-refractivity contribution in [3.05, 3.63) is 59.2 Å². The van der Waals surface area contributed by atoms with Gasteiger partial charge in [-0.1, -0.05) is 38.1 Å². The molecule has 1 aliphatic heterocycles. The second-order valence-corrected chi connectivity index (χ2v) is 9.09. The van der Waals surface area contributed by atoms with Gasteiger partial charge in [-0.2, -0.15) is 0 Å². The minimum atomic E-state index is -0.655. The van der Waals surface area contributed by atoms with E-state index in [0.29, 0.717) is 30.4 Å². The van der Waals surface area contributed by atoms with Crippen molar-refractivity contribution in [2.75, 3.05) is 17.6 Å². The summed E-state index contributed by atoms with van der Waals surface area (Å²) >= 11 is 1.59. The Balaban J connectivity index is 1.52. The predicted octanol–water partition coefficient (Wildman–Crippen LogP) is 4.29. The maximum absolute atomic E-state index is 13.2. The molecule has 3 aromatic rings. The second kappa shape index (κ2) is 9.48. The van der Waals surface area contributed by atoms with Crippen LogP contribution in [0.2, 0.25) is 0 Å². The summed E-state index contributed by atoms with van der Waals surface area (Å²) in [4.78, 5) is 36.2. The van der Waals surface area contributed by atoms with E-state index in [-0.39, 0.29) is 6.04 Å². The van der Waals surface area contributed by atoms with Crippen LogP contribution in [0.1, 0.15) is 43.9 Å². The average Bonchev–Trinajstić information content (AvgIpc) is 3.35. The monoisotopic (exact) mass is 449 g/mol. The molecule has 3 N–H and O–H groups in total. The normalized spacial score (nSPS) is 18.4. The molecule has 3 heterocycles. The summed E-state index contributed by atoms with van der Waals surface area (Å²) in [6, 6.07) is 9.76. The van der Waals surface area contributed by atoms with Gasteiger partial charge in [-0.3, -0.25) is 9.59 Å². The number of likely N-dealkylation sites (tertiary alicyclic amines) is 1. The van der Waals surface area contributed by atoms with Gasteiger partial charge < -0.3 is 16.0 Å². The van der Waals surface area contributed by atoms with Crippen LogP contribution in [0.5, 0.6) is 0 Å². The van der Waals surface area contributed by atoms with Crippen LogP contribution in [0.3, 0.4) is 0 Å². The van der Waals surface area contributed by atoms with Crippen LogP contribution in [-0.2, 0) is 16.0 Å². The number of thiazole rings is 1. The van der Waals surface area contributed by atoms with Crippen molar-refractivity contribution >= 4 is 34.7 Å². The molecule has 1 aromatic carbocycles. The number of aryl methyl sites for hydroxylation is 1. The summed E-state index contributed by atoms with van der Waals surface area (Å²) < 4.78 is 0. The number of aromatic nitrogens is 2. The molecule has 0 unspecified atom stereocenters. The van der Waals surface area contributed by atoms with Crippen molar-refractivity contribution in [2.24, 2.45) is 5.92 Å². The Hall–Kier alpha value is -3.26. The topological polar surface area (TPSA) is 101 Å². The van der Waals surface area contributed by atoms with E-state index in [1.54, 1.807) is 28.5 Å². The molecule has 0 spiro atoms. The van der Waals surface area contributed by atoms with Gasteiger partial charge in [0.15, 0.2) is 0 Å². The third kappa shape index (κ3) is 4.65. The van der Waals surface area contributed by atoms with Crippen LogP contribution in [0.4, 0.5) is 11.5 Å². The summed E-state index contributed by atoms with van der Waals surface area (Å²) in [6.07, 6.45) is 5.79. The number of pyridine rings is 1. The lowest BCUT2D eigenvalue weighted by Gasteiger charge is -2.38. The first kappa shape index (κ1) is 22.0. The van der Waals surface area contributed by atoms with Gasteiger partial charge in [-0.05, 0) is 42.4 Å². The fourth-order valence-electron chi connectivity index (χ4n) is 4.12. The average molecular weight is 450 g/mol. The molecule has 7 nitrogen and oxygen atoms in total. The number of nitrogens with two attached hydrogens (primary N) is 1. The molecule has 0 aliphatic carbocycles. The van der Waals surface area contributed by atoms with Gasteiger partial charge in [-0.15, -0.1) is 11.3 Å². The highest BCUT2D eigenvalue weighted by atomic mass is 32.1. The molecule has 0 saturated carbocycles. The molecule has 4 rings (SSSR count). The van der Waals surface area contributed by atoms with Crippen LogP contribution >= 0.6 is 11.3 Å². The fourth-order valence-corrected chi connectivity index (χ4v) is 4.77. The van der Waals surface area contributed by atoms with Crippen molar-refractivity contribution in [3.8, 4) is 10.6 Å². The number of nitrogens with one attached hydrogen (secondary N) is 1. The Morgan fingerprint density at radius 2 is 2.00 bits per heavy atom. The lowest BCUT2D eigenvalue weighted by atomic mass is 9.89. The lowest BCUT2D eigenvalue weighted by Crippen LogP contribution is -2.46. The van der Waals surface area contributed by atoms with Crippen LogP contribution in [0, 0.1) is 5.92 Å². The van der Waals surface area contributed by atoms with Crippen molar-refractivity contribution in [1.82, 2.24) is 14.9 Å². The number of nitrogen functional groups attached to an aromatic ring is 1. The molecular formula is C24H27N5O2S. The van der Waals surface area contributed by atoms with Crippen LogP contribution in [0.25, 0.3) is 10.6 Å². The number of hydrogen-bond donors (Lipinski definition) is 2. The Bertz CT molecular complexity index is 1100. The van der Waals surface area contributed by atoms with E-state index in [9.17, 15) is 9.59 Å². The number of amides is 2. The number of hydrogen-bond acceptors (Lipinski definition) is 6. The smallest absolute Gasteiger partial charge is 0.313 e. The SMILES string of the molecule is CCc1cc(NC(=O)C(=O)N2C[C@H](C)CC[C@H]2c2ccc(-c3nccs3)cc2)cnc1N. The van der Waals surface area contributed by atoms with Gasteiger partial charge in [0.1, 0.15) is 10.8 Å². The van der Waals surface area contributed by atoms with Crippen molar-refractivity contribution < 1.29 is 9.59 Å². The lowest BCUT2D eigenvalue weighted by molar-refractivity contribution is -0.146. The largest absolute Gasteiger partial charge is 0.383 e. The first-order chi connectivity index (χ1) is 15.5. The molecule has 2 amide bonds. The Labute approximate surface area is 191 Å². The van der Waals surface area contributed by atoms with Crippen LogP contribution < -0.4 is 11.1 Å². The van der Waals surface area contributed by atoms with E-state index in [2.05, 4.69) is 22.2 Å². The van der Waals surface area contributed by atoms with Gasteiger partial charge in [-0.25, -0.2) is 9.97 Å². The van der Waals surface area contributed by atoms with E-state index in [1.165, 1.54) is 6.20 Å². The third-order valence-corrected chi connectivity index (χ3v) is 6.71. The number of nitrogens with zero attached hydrogens (tertiary/aromatic N) is 3. The maximum Gasteiger partial charge on any atom is 0.313 e. The van der Waals surface area contributed by atoms with Crippen molar-refractivity contribution in [3.63, 3.8) is 0 Å². The standard InChI is InChI=1S/C24H27N5O2S/c1-3-16-12-19(13-27-21(16)25)28-22(30)24(31)29-14-15(2)4-9-20(29)17-5-7-18(8-6-17)23-26-10-11-32-23/h5-8,10-13,15,20H,3-4,9,14H2,1-2H3,(H2,25,27)(H,28,30)/t15-,20+/m1/s1. The molecule has 1 saturated heterocycles. The van der Waals surface area contributed by atoms with E-state index >= 15 is 0 Å². The molecular weight excluding hydrogens is 422 g/mol. The molecule has 1 fully saturated rings. The highest BCUT2D eigenvalue weighted by molar-refractivity contribution is 7.13. The van der Waals surface area contributed by atoms with Gasteiger partial charge in [0.05, 0.1) is 17.9 Å². The van der Waals surface area contributed by atoms with E-state index in [0.717, 1.165) is 34.5 Å². The number of carbonyl (C=O) groups excluding carboxylic acids is 2. The first-order valence-corrected chi connectivity index (χ1v) is 11.7. The van der Waals surface area contributed by atoms with E-state index < -0.39 is 11.8 Å². The molecule has 166 valence electrons. The summed E-state index contributed by atoms with van der Waals surface area (Å²) in [7, 11) is 0.